The molecule has 0 aromatic carbocycles. The molecule has 0 rings (SSSR count). The van der Waals surface area contributed by atoms with Crippen molar-refractivity contribution in [3.63, 3.8) is 0 Å². The quantitative estimate of drug-likeness (QED) is 0.476. The molecule has 0 bridgehead atoms. The molecule has 0 spiro atoms. The Morgan fingerprint density at radius 3 is 1.29 bits per heavy atom. The largest absolute Gasteiger partial charge is 0 e. The molecule has 0 aliphatic rings. The summed E-state index contributed by atoms with van der Waals surface area (Å²) in [6.07, 6.45) is 0. The zero-order valence-electron chi connectivity index (χ0n) is 5.53. The average molecular weight is 210 g/mol. The molecule has 0 amide bonds. The zero-order valence-corrected chi connectivity index (χ0v) is 9.19. The minimum Gasteiger partial charge on any atom is 0 e. The maximum Gasteiger partial charge on any atom is 0 e. The van der Waals surface area contributed by atoms with E-state index in [9.17, 15) is 0 Å². The molecule has 7 heavy (non-hydrogen) atoms. The first-order valence-electron chi connectivity index (χ1n) is 0.698. The standard InChI is InChI=1S/Cr.Mg.2H2O.2O.Zn.2H/h;;2*1H2;;;;;/q2*+2;;;;;;2*-1/p-2. The molecule has 0 aromatic heterocycles. The van der Waals surface area contributed by atoms with Crippen LogP contribution >= 0.6 is 0 Å². The van der Waals surface area contributed by atoms with E-state index >= 15 is 0 Å². The Bertz CT molecular complexity index is 102. The summed E-state index contributed by atoms with van der Waals surface area (Å²) in [5, 5.41) is 0. The van der Waals surface area contributed by atoms with Crippen LogP contribution in [0.15, 0.2) is 0 Å². The van der Waals surface area contributed by atoms with E-state index in [-0.39, 0.29) is 45.4 Å². The summed E-state index contributed by atoms with van der Waals surface area (Å²) in [5.41, 5.74) is 0. The van der Waals surface area contributed by atoms with E-state index in [0.29, 0.717) is 0 Å². The predicted octanol–water partition coefficient (Wildman–Crippen LogP) is -1.51. The molecule has 0 fully saturated rings. The van der Waals surface area contributed by atoms with Gasteiger partial charge in [0.25, 0.3) is 0 Å². The second kappa shape index (κ2) is 5.58. The fourth-order valence-electron chi connectivity index (χ4n) is 0. The van der Waals surface area contributed by atoms with Gasteiger partial charge in [-0.05, 0) is 0 Å². The summed E-state index contributed by atoms with van der Waals surface area (Å²) in [6.45, 7) is 0. The molecule has 0 atom stereocenters. The normalized spacial score (nSPS) is 8.29. The predicted molar refractivity (Wildman–Crippen MR) is 13.8 cm³/mol. The van der Waals surface area contributed by atoms with Crippen molar-refractivity contribution in [2.45, 2.75) is 0 Å². The number of hydrogen-bond donors (Lipinski definition) is 2. The van der Waals surface area contributed by atoms with Gasteiger partial charge >= 0.3 is 52.6 Å². The average Bonchev–Trinajstić information content (AvgIpc) is 0.722. The van der Waals surface area contributed by atoms with Crippen LogP contribution in [0.4, 0.5) is 0 Å². The summed E-state index contributed by atoms with van der Waals surface area (Å²) in [5.74, 6) is 0. The van der Waals surface area contributed by atoms with Gasteiger partial charge in [-0.25, -0.2) is 0 Å². The van der Waals surface area contributed by atoms with E-state index in [4.69, 9.17) is 15.9 Å². The van der Waals surface area contributed by atoms with Crippen LogP contribution in [0.3, 0.4) is 0 Å². The Morgan fingerprint density at radius 1 is 1.29 bits per heavy atom. The van der Waals surface area contributed by atoms with Crippen molar-refractivity contribution in [3.05, 3.63) is 0 Å². The van der Waals surface area contributed by atoms with Crippen LogP contribution in [0.2, 0.25) is 0 Å². The van der Waals surface area contributed by atoms with Crippen LogP contribution in [0.1, 0.15) is 2.85 Å². The van der Waals surface area contributed by atoms with Gasteiger partial charge in [-0.3, -0.25) is 0 Å². The van der Waals surface area contributed by atoms with Crippen molar-refractivity contribution in [2.24, 2.45) is 0 Å². The Morgan fingerprint density at radius 2 is 1.29 bits per heavy atom. The Labute approximate surface area is 74.6 Å². The van der Waals surface area contributed by atoms with Crippen LogP contribution in [-0.4, -0.2) is 31.4 Å². The van der Waals surface area contributed by atoms with Crippen molar-refractivity contribution in [2.75, 3.05) is 0 Å². The third-order valence-electron chi connectivity index (χ3n) is 0. The van der Waals surface area contributed by atoms with Gasteiger partial charge in [-0.1, -0.05) is 0 Å². The van der Waals surface area contributed by atoms with E-state index < -0.39 is 13.6 Å². The molecule has 0 saturated heterocycles. The van der Waals surface area contributed by atoms with E-state index in [1.54, 1.807) is 0 Å². The molecule has 0 saturated carbocycles. The van der Waals surface area contributed by atoms with Gasteiger partial charge in [0, 0.05) is 19.5 Å². The fourth-order valence-corrected chi connectivity index (χ4v) is 0. The van der Waals surface area contributed by atoms with Crippen LogP contribution in [-0.2, 0) is 40.7 Å². The molecule has 0 radical (unpaired) electrons. The van der Waals surface area contributed by atoms with Crippen molar-refractivity contribution >= 4 is 23.1 Å². The van der Waals surface area contributed by atoms with E-state index in [2.05, 4.69) is 0 Å². The summed E-state index contributed by atoms with van der Waals surface area (Å²) < 4.78 is 31.9. The van der Waals surface area contributed by atoms with Gasteiger partial charge in [-0.15, -0.1) is 0 Å². The van der Waals surface area contributed by atoms with Crippen molar-refractivity contribution in [3.8, 4) is 0 Å². The summed E-state index contributed by atoms with van der Waals surface area (Å²) in [6, 6.07) is 0. The van der Waals surface area contributed by atoms with Gasteiger partial charge in [0.15, 0.2) is 0 Å². The van der Waals surface area contributed by atoms with Crippen LogP contribution in [0.25, 0.3) is 0 Å². The minimum atomic E-state index is -5.25. The van der Waals surface area contributed by atoms with Gasteiger partial charge in [-0.2, -0.15) is 0 Å². The summed E-state index contributed by atoms with van der Waals surface area (Å²) in [7, 11) is 0. The first-order chi connectivity index (χ1) is 2.00. The van der Waals surface area contributed by atoms with Gasteiger partial charge in [0.2, 0.25) is 0 Å². The Kier molecular flexibility index (Phi) is 12.6. The molecule has 38 valence electrons. The maximum absolute atomic E-state index is 8.82. The first-order valence-corrected chi connectivity index (χ1v) is 2.88. The zero-order chi connectivity index (χ0) is 4.50. The summed E-state index contributed by atoms with van der Waals surface area (Å²) >= 11 is -5.25. The van der Waals surface area contributed by atoms with Crippen molar-refractivity contribution < 1.29 is 51.9 Å². The molecule has 0 aromatic rings. The molecule has 0 aliphatic heterocycles. The molecule has 4 nitrogen and oxygen atoms in total. The smallest absolute Gasteiger partial charge is 0 e. The molecular formula is H4CrMgO4Zn. The maximum atomic E-state index is 8.82. The van der Waals surface area contributed by atoms with E-state index in [0.717, 1.165) is 0 Å². The van der Waals surface area contributed by atoms with Gasteiger partial charge < -0.3 is 2.85 Å². The molecule has 0 unspecified atom stereocenters. The van der Waals surface area contributed by atoms with Crippen LogP contribution in [0.5, 0.6) is 0 Å². The monoisotopic (exact) mass is 208 g/mol. The minimum absolute atomic E-state index is 0. The Balaban J connectivity index is -0.0000000133. The van der Waals surface area contributed by atoms with Gasteiger partial charge in [0.05, 0.1) is 0 Å². The SMILES string of the molecule is [H-].[H-].[Mg+2].[O]=[Cr](=[O])([OH])[OH].[Zn]. The Hall–Kier alpha value is 1.44. The third-order valence-corrected chi connectivity index (χ3v) is 0. The van der Waals surface area contributed by atoms with Crippen molar-refractivity contribution in [1.82, 2.24) is 0 Å². The molecule has 2 N–H and O–H groups in total. The van der Waals surface area contributed by atoms with Crippen LogP contribution in [0, 0.1) is 0 Å². The molecular weight excluding hydrogens is 206 g/mol. The topological polar surface area (TPSA) is 74.6 Å². The third kappa shape index (κ3) is 106. The second-order valence-corrected chi connectivity index (χ2v) is 1.85. The number of hydrogen-bond acceptors (Lipinski definition) is 2. The van der Waals surface area contributed by atoms with E-state index in [1.807, 2.05) is 0 Å². The van der Waals surface area contributed by atoms with Gasteiger partial charge in [0.1, 0.15) is 0 Å². The number of rotatable bonds is 0. The molecule has 0 aliphatic carbocycles. The van der Waals surface area contributed by atoms with E-state index in [1.165, 1.54) is 0 Å². The second-order valence-electron chi connectivity index (χ2n) is 0.448. The van der Waals surface area contributed by atoms with Crippen LogP contribution < -0.4 is 0 Å². The first kappa shape index (κ1) is 15.8. The fraction of sp³-hybridized carbons (Fsp3) is 0. The van der Waals surface area contributed by atoms with Crippen molar-refractivity contribution in [1.29, 1.82) is 0 Å². The molecule has 7 heteroatoms. The molecule has 0 heterocycles. The summed E-state index contributed by atoms with van der Waals surface area (Å²) in [4.78, 5) is 0.